The van der Waals surface area contributed by atoms with Crippen molar-refractivity contribution >= 4 is 15.7 Å². The normalized spacial score (nSPS) is 16.3. The van der Waals surface area contributed by atoms with E-state index < -0.39 is 10.0 Å². The van der Waals surface area contributed by atoms with Crippen LogP contribution in [0.25, 0.3) is 0 Å². The van der Waals surface area contributed by atoms with Crippen molar-refractivity contribution in [2.24, 2.45) is 0 Å². The van der Waals surface area contributed by atoms with E-state index in [0.29, 0.717) is 37.0 Å². The van der Waals surface area contributed by atoms with Gasteiger partial charge in [0.15, 0.2) is 0 Å². The molecule has 1 saturated heterocycles. The van der Waals surface area contributed by atoms with E-state index in [-0.39, 0.29) is 0 Å². The van der Waals surface area contributed by atoms with Crippen molar-refractivity contribution in [3.05, 3.63) is 59.2 Å². The summed E-state index contributed by atoms with van der Waals surface area (Å²) < 4.78 is 27.5. The predicted octanol–water partition coefficient (Wildman–Crippen LogP) is 3.94. The second-order valence-electron chi connectivity index (χ2n) is 7.40. The maximum absolute atomic E-state index is 12.9. The van der Waals surface area contributed by atoms with E-state index in [1.807, 2.05) is 12.1 Å². The summed E-state index contributed by atoms with van der Waals surface area (Å²) in [5, 5.41) is 0. The first-order valence-corrected chi connectivity index (χ1v) is 10.7. The van der Waals surface area contributed by atoms with Crippen molar-refractivity contribution in [3.8, 4) is 0 Å². The SMILES string of the molecule is Cc1ccc(N2CCN(S(=O)(=O)c3ccc(C(C)C)cc3)CC2)c(C)c1. The van der Waals surface area contributed by atoms with E-state index in [1.54, 1.807) is 16.4 Å². The molecule has 4 nitrogen and oxygen atoms in total. The number of hydrogen-bond acceptors (Lipinski definition) is 3. The number of aryl methyl sites for hydroxylation is 2. The molecule has 0 spiro atoms. The van der Waals surface area contributed by atoms with Gasteiger partial charge in [0.2, 0.25) is 10.0 Å². The zero-order chi connectivity index (χ0) is 18.9. The van der Waals surface area contributed by atoms with Crippen LogP contribution in [0.15, 0.2) is 47.4 Å². The average Bonchev–Trinajstić information content (AvgIpc) is 2.62. The maximum atomic E-state index is 12.9. The highest BCUT2D eigenvalue weighted by atomic mass is 32.2. The van der Waals surface area contributed by atoms with Crippen molar-refractivity contribution in [2.45, 2.75) is 38.5 Å². The summed E-state index contributed by atoms with van der Waals surface area (Å²) in [6.07, 6.45) is 0. The van der Waals surface area contributed by atoms with Crippen LogP contribution in [0.4, 0.5) is 5.69 Å². The Bertz CT molecular complexity index is 865. The molecule has 0 N–H and O–H groups in total. The molecule has 1 heterocycles. The minimum absolute atomic E-state index is 0.391. The first-order valence-electron chi connectivity index (χ1n) is 9.21. The molecule has 1 fully saturated rings. The molecule has 2 aromatic rings. The molecule has 1 aliphatic heterocycles. The van der Waals surface area contributed by atoms with Gasteiger partial charge in [0.1, 0.15) is 0 Å². The van der Waals surface area contributed by atoms with E-state index in [4.69, 9.17) is 0 Å². The maximum Gasteiger partial charge on any atom is 0.243 e. The van der Waals surface area contributed by atoms with Crippen LogP contribution in [0.1, 0.15) is 36.5 Å². The zero-order valence-electron chi connectivity index (χ0n) is 16.1. The number of benzene rings is 2. The van der Waals surface area contributed by atoms with Crippen LogP contribution in [0, 0.1) is 13.8 Å². The molecular formula is C21H28N2O2S. The van der Waals surface area contributed by atoms with Gasteiger partial charge in [0.05, 0.1) is 4.90 Å². The highest BCUT2D eigenvalue weighted by Gasteiger charge is 2.28. The van der Waals surface area contributed by atoms with Crippen molar-refractivity contribution in [3.63, 3.8) is 0 Å². The number of rotatable bonds is 4. The zero-order valence-corrected chi connectivity index (χ0v) is 16.9. The molecule has 1 aliphatic rings. The number of hydrogen-bond donors (Lipinski definition) is 0. The van der Waals surface area contributed by atoms with Gasteiger partial charge < -0.3 is 4.90 Å². The Morgan fingerprint density at radius 3 is 2.04 bits per heavy atom. The minimum Gasteiger partial charge on any atom is -0.369 e. The van der Waals surface area contributed by atoms with Gasteiger partial charge in [-0.1, -0.05) is 43.7 Å². The first-order chi connectivity index (χ1) is 12.3. The average molecular weight is 373 g/mol. The van der Waals surface area contributed by atoms with E-state index in [2.05, 4.69) is 50.8 Å². The molecule has 0 radical (unpaired) electrons. The topological polar surface area (TPSA) is 40.6 Å². The van der Waals surface area contributed by atoms with Gasteiger partial charge in [0.25, 0.3) is 0 Å². The Kier molecular flexibility index (Phi) is 5.39. The molecule has 0 atom stereocenters. The summed E-state index contributed by atoms with van der Waals surface area (Å²) in [5.41, 5.74) is 4.85. The summed E-state index contributed by atoms with van der Waals surface area (Å²) in [5.74, 6) is 0.396. The molecule has 0 unspecified atom stereocenters. The minimum atomic E-state index is -3.42. The van der Waals surface area contributed by atoms with Gasteiger partial charge in [-0.25, -0.2) is 8.42 Å². The van der Waals surface area contributed by atoms with Crippen molar-refractivity contribution < 1.29 is 8.42 Å². The van der Waals surface area contributed by atoms with Crippen LogP contribution < -0.4 is 4.90 Å². The van der Waals surface area contributed by atoms with Gasteiger partial charge in [-0.2, -0.15) is 4.31 Å². The van der Waals surface area contributed by atoms with E-state index in [0.717, 1.165) is 5.56 Å². The quantitative estimate of drug-likeness (QED) is 0.816. The third-order valence-corrected chi connectivity index (χ3v) is 7.03. The Balaban J connectivity index is 1.72. The summed E-state index contributed by atoms with van der Waals surface area (Å²) in [6.45, 7) is 10.9. The van der Waals surface area contributed by atoms with E-state index in [1.165, 1.54) is 16.8 Å². The second kappa shape index (κ2) is 7.41. The molecule has 0 amide bonds. The summed E-state index contributed by atoms with van der Waals surface area (Å²) in [4.78, 5) is 2.67. The Morgan fingerprint density at radius 2 is 1.50 bits per heavy atom. The van der Waals surface area contributed by atoms with Crippen molar-refractivity contribution in [1.82, 2.24) is 4.31 Å². The highest BCUT2D eigenvalue weighted by molar-refractivity contribution is 7.89. The Morgan fingerprint density at radius 1 is 0.885 bits per heavy atom. The van der Waals surface area contributed by atoms with Gasteiger partial charge in [-0.3, -0.25) is 0 Å². The lowest BCUT2D eigenvalue weighted by Crippen LogP contribution is -2.48. The summed E-state index contributed by atoms with van der Waals surface area (Å²) in [6, 6.07) is 13.7. The standard InChI is InChI=1S/C21H28N2O2S/c1-16(2)19-6-8-20(9-7-19)26(24,25)23-13-11-22(12-14-23)21-10-5-17(3)15-18(21)4/h5-10,15-16H,11-14H2,1-4H3. The van der Waals surface area contributed by atoms with Crippen LogP contribution in [-0.2, 0) is 10.0 Å². The fourth-order valence-electron chi connectivity index (χ4n) is 3.50. The molecule has 5 heteroatoms. The monoisotopic (exact) mass is 372 g/mol. The molecular weight excluding hydrogens is 344 g/mol. The van der Waals surface area contributed by atoms with Gasteiger partial charge in [-0.05, 0) is 49.1 Å². The predicted molar refractivity (Wildman–Crippen MR) is 107 cm³/mol. The summed E-state index contributed by atoms with van der Waals surface area (Å²) >= 11 is 0. The molecule has 0 bridgehead atoms. The Hall–Kier alpha value is -1.85. The molecule has 0 aromatic heterocycles. The Labute approximate surface area is 157 Å². The van der Waals surface area contributed by atoms with Gasteiger partial charge in [-0.15, -0.1) is 0 Å². The van der Waals surface area contributed by atoms with Crippen LogP contribution in [0.2, 0.25) is 0 Å². The highest BCUT2D eigenvalue weighted by Crippen LogP contribution is 2.25. The molecule has 0 aliphatic carbocycles. The molecule has 26 heavy (non-hydrogen) atoms. The van der Waals surface area contributed by atoms with Crippen molar-refractivity contribution in [2.75, 3.05) is 31.1 Å². The van der Waals surface area contributed by atoms with Crippen LogP contribution in [0.5, 0.6) is 0 Å². The van der Waals surface area contributed by atoms with Gasteiger partial charge >= 0.3 is 0 Å². The molecule has 3 rings (SSSR count). The summed E-state index contributed by atoms with van der Waals surface area (Å²) in [7, 11) is -3.42. The number of sulfonamides is 1. The number of nitrogens with zero attached hydrogens (tertiary/aromatic N) is 2. The third kappa shape index (κ3) is 3.79. The fraction of sp³-hybridized carbons (Fsp3) is 0.429. The lowest BCUT2D eigenvalue weighted by Gasteiger charge is -2.36. The smallest absolute Gasteiger partial charge is 0.243 e. The fourth-order valence-corrected chi connectivity index (χ4v) is 4.93. The largest absolute Gasteiger partial charge is 0.369 e. The van der Waals surface area contributed by atoms with Crippen LogP contribution in [-0.4, -0.2) is 38.9 Å². The number of anilines is 1. The van der Waals surface area contributed by atoms with Gasteiger partial charge in [0, 0.05) is 31.9 Å². The lowest BCUT2D eigenvalue weighted by molar-refractivity contribution is 0.384. The van der Waals surface area contributed by atoms with E-state index >= 15 is 0 Å². The molecule has 2 aromatic carbocycles. The lowest BCUT2D eigenvalue weighted by atomic mass is 10.0. The second-order valence-corrected chi connectivity index (χ2v) is 9.34. The third-order valence-electron chi connectivity index (χ3n) is 5.12. The van der Waals surface area contributed by atoms with Crippen molar-refractivity contribution in [1.29, 1.82) is 0 Å². The molecule has 0 saturated carbocycles. The first kappa shape index (κ1) is 18.9. The van der Waals surface area contributed by atoms with Crippen LogP contribution >= 0.6 is 0 Å². The number of piperazine rings is 1. The van der Waals surface area contributed by atoms with Crippen LogP contribution in [0.3, 0.4) is 0 Å². The van der Waals surface area contributed by atoms with E-state index in [9.17, 15) is 8.42 Å². The molecule has 140 valence electrons.